The SMILES string of the molecule is Nc1ccccc1SCCS(=O)(=O)Nc1ccc(Br)cn1. The Bertz CT molecular complexity index is 706. The minimum Gasteiger partial charge on any atom is -0.398 e. The summed E-state index contributed by atoms with van der Waals surface area (Å²) in [4.78, 5) is 4.86. The molecule has 0 saturated carbocycles. The van der Waals surface area contributed by atoms with Gasteiger partial charge in [-0.05, 0) is 40.2 Å². The highest BCUT2D eigenvalue weighted by Gasteiger charge is 2.11. The number of anilines is 2. The Morgan fingerprint density at radius 1 is 1.24 bits per heavy atom. The van der Waals surface area contributed by atoms with Gasteiger partial charge in [-0.2, -0.15) is 0 Å². The minimum atomic E-state index is -3.42. The van der Waals surface area contributed by atoms with E-state index in [0.29, 0.717) is 17.3 Å². The molecule has 0 atom stereocenters. The molecule has 0 spiro atoms. The number of sulfonamides is 1. The molecule has 1 aromatic carbocycles. The third kappa shape index (κ3) is 5.22. The zero-order valence-corrected chi connectivity index (χ0v) is 14.2. The van der Waals surface area contributed by atoms with Crippen molar-refractivity contribution in [1.29, 1.82) is 0 Å². The van der Waals surface area contributed by atoms with Gasteiger partial charge in [0, 0.05) is 27.0 Å². The predicted molar refractivity (Wildman–Crippen MR) is 90.9 cm³/mol. The van der Waals surface area contributed by atoms with E-state index in [1.807, 2.05) is 18.2 Å². The summed E-state index contributed by atoms with van der Waals surface area (Å²) >= 11 is 4.66. The molecule has 21 heavy (non-hydrogen) atoms. The smallest absolute Gasteiger partial charge is 0.234 e. The van der Waals surface area contributed by atoms with Crippen LogP contribution in [0.15, 0.2) is 52.0 Å². The van der Waals surface area contributed by atoms with Crippen molar-refractivity contribution in [3.05, 3.63) is 47.1 Å². The van der Waals surface area contributed by atoms with Crippen molar-refractivity contribution in [1.82, 2.24) is 4.98 Å². The van der Waals surface area contributed by atoms with Crippen molar-refractivity contribution in [2.75, 3.05) is 22.0 Å². The summed E-state index contributed by atoms with van der Waals surface area (Å²) in [5, 5.41) is 0. The zero-order valence-electron chi connectivity index (χ0n) is 11.0. The van der Waals surface area contributed by atoms with E-state index in [2.05, 4.69) is 25.6 Å². The largest absolute Gasteiger partial charge is 0.398 e. The van der Waals surface area contributed by atoms with Crippen molar-refractivity contribution >= 4 is 49.2 Å². The lowest BCUT2D eigenvalue weighted by Gasteiger charge is -2.08. The number of pyridine rings is 1. The average molecular weight is 388 g/mol. The third-order valence-corrected chi connectivity index (χ3v) is 5.60. The molecule has 0 aliphatic carbocycles. The van der Waals surface area contributed by atoms with Crippen molar-refractivity contribution in [2.45, 2.75) is 4.90 Å². The van der Waals surface area contributed by atoms with E-state index >= 15 is 0 Å². The Morgan fingerprint density at radius 2 is 2.00 bits per heavy atom. The fraction of sp³-hybridized carbons (Fsp3) is 0.154. The van der Waals surface area contributed by atoms with Crippen LogP contribution in [0.25, 0.3) is 0 Å². The van der Waals surface area contributed by atoms with E-state index in [-0.39, 0.29) is 5.75 Å². The molecule has 0 aliphatic rings. The number of rotatable bonds is 6. The molecule has 0 bridgehead atoms. The summed E-state index contributed by atoms with van der Waals surface area (Å²) in [6.45, 7) is 0. The van der Waals surface area contributed by atoms with E-state index in [4.69, 9.17) is 5.73 Å². The highest BCUT2D eigenvalue weighted by Crippen LogP contribution is 2.24. The minimum absolute atomic E-state index is 0.0102. The number of hydrogen-bond donors (Lipinski definition) is 2. The number of benzene rings is 1. The normalized spacial score (nSPS) is 11.3. The maximum Gasteiger partial charge on any atom is 0.234 e. The van der Waals surface area contributed by atoms with E-state index in [1.165, 1.54) is 18.0 Å². The Kier molecular flexibility index (Phi) is 5.49. The van der Waals surface area contributed by atoms with Crippen molar-refractivity contribution in [3.63, 3.8) is 0 Å². The molecule has 2 aromatic rings. The van der Waals surface area contributed by atoms with Crippen LogP contribution < -0.4 is 10.5 Å². The highest BCUT2D eigenvalue weighted by atomic mass is 79.9. The number of nitrogens with zero attached hydrogens (tertiary/aromatic N) is 1. The molecule has 0 aliphatic heterocycles. The second kappa shape index (κ2) is 7.15. The summed E-state index contributed by atoms with van der Waals surface area (Å²) in [5.74, 6) is 0.714. The van der Waals surface area contributed by atoms with Gasteiger partial charge in [-0.1, -0.05) is 12.1 Å². The van der Waals surface area contributed by atoms with E-state index in [9.17, 15) is 8.42 Å². The average Bonchev–Trinajstić information content (AvgIpc) is 2.43. The number of nitrogens with two attached hydrogens (primary N) is 1. The van der Waals surface area contributed by atoms with Crippen LogP contribution in [0.1, 0.15) is 0 Å². The van der Waals surface area contributed by atoms with Gasteiger partial charge >= 0.3 is 0 Å². The number of thioether (sulfide) groups is 1. The first-order chi connectivity index (χ1) is 9.96. The van der Waals surface area contributed by atoms with Gasteiger partial charge in [-0.3, -0.25) is 4.72 Å². The van der Waals surface area contributed by atoms with E-state index < -0.39 is 10.0 Å². The number of nitrogen functional groups attached to an aromatic ring is 1. The van der Waals surface area contributed by atoms with Gasteiger partial charge < -0.3 is 5.73 Å². The van der Waals surface area contributed by atoms with Crippen molar-refractivity contribution in [3.8, 4) is 0 Å². The summed E-state index contributed by atoms with van der Waals surface area (Å²) in [6.07, 6.45) is 1.54. The second-order valence-corrected chi connectivity index (χ2v) is 8.06. The number of aromatic nitrogens is 1. The highest BCUT2D eigenvalue weighted by molar-refractivity contribution is 9.10. The first-order valence-corrected chi connectivity index (χ1v) is 9.49. The van der Waals surface area contributed by atoms with Crippen LogP contribution in [0, 0.1) is 0 Å². The van der Waals surface area contributed by atoms with Crippen LogP contribution in [-0.4, -0.2) is 24.9 Å². The molecular formula is C13H14BrN3O2S2. The van der Waals surface area contributed by atoms with Crippen LogP contribution >= 0.6 is 27.7 Å². The molecule has 1 heterocycles. The van der Waals surface area contributed by atoms with Gasteiger partial charge in [0.15, 0.2) is 0 Å². The maximum atomic E-state index is 12.0. The first-order valence-electron chi connectivity index (χ1n) is 6.06. The molecule has 0 amide bonds. The van der Waals surface area contributed by atoms with Gasteiger partial charge in [-0.15, -0.1) is 11.8 Å². The van der Waals surface area contributed by atoms with E-state index in [1.54, 1.807) is 18.2 Å². The van der Waals surface area contributed by atoms with Crippen molar-refractivity contribution in [2.24, 2.45) is 0 Å². The van der Waals surface area contributed by atoms with Gasteiger partial charge in [0.1, 0.15) is 5.82 Å². The lowest BCUT2D eigenvalue weighted by atomic mass is 10.3. The van der Waals surface area contributed by atoms with Gasteiger partial charge in [0.25, 0.3) is 0 Å². The Morgan fingerprint density at radius 3 is 2.67 bits per heavy atom. The van der Waals surface area contributed by atoms with Crippen LogP contribution in [0.4, 0.5) is 11.5 Å². The summed E-state index contributed by atoms with van der Waals surface area (Å²) in [5.41, 5.74) is 6.46. The molecule has 0 unspecified atom stereocenters. The lowest BCUT2D eigenvalue weighted by Crippen LogP contribution is -2.18. The molecule has 1 aromatic heterocycles. The Balaban J connectivity index is 1.90. The Labute approximate surface area is 136 Å². The molecule has 112 valence electrons. The number of nitrogens with one attached hydrogen (secondary N) is 1. The van der Waals surface area contributed by atoms with Gasteiger partial charge in [-0.25, -0.2) is 13.4 Å². The standard InChI is InChI=1S/C13H14BrN3O2S2/c14-10-5-6-13(16-9-10)17-21(18,19)8-7-20-12-4-2-1-3-11(12)15/h1-6,9H,7-8,15H2,(H,16,17). The monoisotopic (exact) mass is 387 g/mol. The molecule has 2 rings (SSSR count). The topological polar surface area (TPSA) is 85.1 Å². The zero-order chi connectivity index (χ0) is 15.3. The molecule has 0 fully saturated rings. The number of halogens is 1. The fourth-order valence-electron chi connectivity index (χ4n) is 1.52. The van der Waals surface area contributed by atoms with Crippen LogP contribution in [-0.2, 0) is 10.0 Å². The van der Waals surface area contributed by atoms with Crippen LogP contribution in [0.2, 0.25) is 0 Å². The molecule has 0 radical (unpaired) electrons. The van der Waals surface area contributed by atoms with E-state index in [0.717, 1.165) is 9.37 Å². The Hall–Kier alpha value is -1.25. The maximum absolute atomic E-state index is 12.0. The van der Waals surface area contributed by atoms with Crippen LogP contribution in [0.5, 0.6) is 0 Å². The molecular weight excluding hydrogens is 374 g/mol. The predicted octanol–water partition coefficient (Wildman–Crippen LogP) is 2.96. The van der Waals surface area contributed by atoms with Gasteiger partial charge in [0.2, 0.25) is 10.0 Å². The molecule has 5 nitrogen and oxygen atoms in total. The first kappa shape index (κ1) is 16.1. The number of para-hydroxylation sites is 1. The summed E-state index contributed by atoms with van der Waals surface area (Å²) < 4.78 is 27.1. The second-order valence-electron chi connectivity index (χ2n) is 4.17. The van der Waals surface area contributed by atoms with Crippen molar-refractivity contribution < 1.29 is 8.42 Å². The van der Waals surface area contributed by atoms with Crippen LogP contribution in [0.3, 0.4) is 0 Å². The molecule has 3 N–H and O–H groups in total. The summed E-state index contributed by atoms with van der Waals surface area (Å²) in [7, 11) is -3.42. The quantitative estimate of drug-likeness (QED) is 0.587. The lowest BCUT2D eigenvalue weighted by molar-refractivity contribution is 0.602. The fourth-order valence-corrected chi connectivity index (χ4v) is 4.14. The third-order valence-electron chi connectivity index (χ3n) is 2.52. The molecule has 8 heteroatoms. The number of hydrogen-bond acceptors (Lipinski definition) is 5. The van der Waals surface area contributed by atoms with Gasteiger partial charge in [0.05, 0.1) is 5.75 Å². The molecule has 0 saturated heterocycles. The summed E-state index contributed by atoms with van der Waals surface area (Å²) in [6, 6.07) is 10.7.